The van der Waals surface area contributed by atoms with E-state index in [1.165, 1.54) is 4.90 Å². The van der Waals surface area contributed by atoms with Crippen LogP contribution in [0.2, 0.25) is 0 Å². The number of hydrogen-bond acceptors (Lipinski definition) is 5. The molecular formula is C25H28N2O4. The zero-order valence-corrected chi connectivity index (χ0v) is 18.1. The highest BCUT2D eigenvalue weighted by molar-refractivity contribution is 6.45. The van der Waals surface area contributed by atoms with Gasteiger partial charge in [-0.2, -0.15) is 0 Å². The largest absolute Gasteiger partial charge is 0.494 e. The van der Waals surface area contributed by atoms with Crippen LogP contribution in [0.15, 0.2) is 54.2 Å². The lowest BCUT2D eigenvalue weighted by Gasteiger charge is -2.20. The Morgan fingerprint density at radius 3 is 2.29 bits per heavy atom. The van der Waals surface area contributed by atoms with Crippen molar-refractivity contribution in [2.45, 2.75) is 33.1 Å². The number of ether oxygens (including phenoxy) is 2. The van der Waals surface area contributed by atoms with Gasteiger partial charge in [0.15, 0.2) is 0 Å². The van der Waals surface area contributed by atoms with Gasteiger partial charge in [-0.25, -0.2) is 4.90 Å². The molecule has 2 aliphatic rings. The lowest BCUT2D eigenvalue weighted by atomic mass is 10.0. The first-order chi connectivity index (χ1) is 15.1. The van der Waals surface area contributed by atoms with Gasteiger partial charge in [-0.15, -0.1) is 0 Å². The fourth-order valence-electron chi connectivity index (χ4n) is 4.06. The molecule has 2 amide bonds. The van der Waals surface area contributed by atoms with E-state index in [2.05, 4.69) is 6.92 Å². The quantitative estimate of drug-likeness (QED) is 0.598. The van der Waals surface area contributed by atoms with Gasteiger partial charge < -0.3 is 14.4 Å². The molecule has 6 heteroatoms. The minimum absolute atomic E-state index is 0.276. The van der Waals surface area contributed by atoms with Crippen LogP contribution in [0.5, 0.6) is 11.5 Å². The summed E-state index contributed by atoms with van der Waals surface area (Å²) in [6.45, 7) is 6.67. The summed E-state index contributed by atoms with van der Waals surface area (Å²) in [5, 5.41) is 0. The average molecular weight is 421 g/mol. The fraction of sp³-hybridized carbons (Fsp3) is 0.360. The Kier molecular flexibility index (Phi) is 6.26. The van der Waals surface area contributed by atoms with E-state index in [4.69, 9.17) is 9.47 Å². The van der Waals surface area contributed by atoms with Crippen molar-refractivity contribution in [2.24, 2.45) is 0 Å². The van der Waals surface area contributed by atoms with E-state index < -0.39 is 0 Å². The van der Waals surface area contributed by atoms with E-state index in [9.17, 15) is 9.59 Å². The molecule has 1 saturated heterocycles. The van der Waals surface area contributed by atoms with Crippen LogP contribution in [0, 0.1) is 0 Å². The van der Waals surface area contributed by atoms with E-state index in [-0.39, 0.29) is 11.8 Å². The first-order valence-electron chi connectivity index (χ1n) is 11.0. The molecular weight excluding hydrogens is 392 g/mol. The molecule has 0 aromatic heterocycles. The van der Waals surface area contributed by atoms with Gasteiger partial charge >= 0.3 is 0 Å². The zero-order valence-electron chi connectivity index (χ0n) is 18.1. The van der Waals surface area contributed by atoms with Crippen molar-refractivity contribution >= 4 is 23.1 Å². The summed E-state index contributed by atoms with van der Waals surface area (Å²) in [5.74, 6) is 0.811. The minimum Gasteiger partial charge on any atom is -0.494 e. The Bertz CT molecular complexity index is 991. The SMILES string of the molecule is CCCOc1ccc(C2=C(N3CCCC3)C(=O)N(c3cccc(OCC)c3)C2=O)cc1. The van der Waals surface area contributed by atoms with Gasteiger partial charge in [0.2, 0.25) is 0 Å². The predicted octanol–water partition coefficient (Wildman–Crippen LogP) is 4.25. The van der Waals surface area contributed by atoms with Crippen molar-refractivity contribution < 1.29 is 19.1 Å². The lowest BCUT2D eigenvalue weighted by Crippen LogP contribution is -2.34. The fourth-order valence-corrected chi connectivity index (χ4v) is 4.06. The highest BCUT2D eigenvalue weighted by Gasteiger charge is 2.43. The van der Waals surface area contributed by atoms with Crippen molar-refractivity contribution in [2.75, 3.05) is 31.2 Å². The van der Waals surface area contributed by atoms with Crippen LogP contribution in [0.25, 0.3) is 5.57 Å². The van der Waals surface area contributed by atoms with E-state index in [1.54, 1.807) is 18.2 Å². The zero-order chi connectivity index (χ0) is 21.8. The molecule has 1 fully saturated rings. The number of imide groups is 1. The van der Waals surface area contributed by atoms with Crippen molar-refractivity contribution in [3.05, 3.63) is 59.8 Å². The number of carbonyl (C=O) groups is 2. The monoisotopic (exact) mass is 420 g/mol. The van der Waals surface area contributed by atoms with Crippen molar-refractivity contribution in [3.63, 3.8) is 0 Å². The molecule has 4 rings (SSSR count). The second kappa shape index (κ2) is 9.25. The third-order valence-corrected chi connectivity index (χ3v) is 5.48. The second-order valence-electron chi connectivity index (χ2n) is 7.67. The number of likely N-dealkylation sites (tertiary alicyclic amines) is 1. The van der Waals surface area contributed by atoms with Crippen LogP contribution >= 0.6 is 0 Å². The van der Waals surface area contributed by atoms with Crippen LogP contribution in [-0.4, -0.2) is 43.0 Å². The van der Waals surface area contributed by atoms with Gasteiger partial charge in [0, 0.05) is 19.2 Å². The van der Waals surface area contributed by atoms with Crippen LogP contribution in [0.1, 0.15) is 38.7 Å². The first kappa shape index (κ1) is 21.0. The van der Waals surface area contributed by atoms with E-state index in [0.29, 0.717) is 35.9 Å². The molecule has 2 aromatic rings. The maximum Gasteiger partial charge on any atom is 0.282 e. The summed E-state index contributed by atoms with van der Waals surface area (Å²) in [6.07, 6.45) is 2.96. The maximum atomic E-state index is 13.6. The molecule has 0 spiro atoms. The van der Waals surface area contributed by atoms with Crippen LogP contribution in [-0.2, 0) is 9.59 Å². The highest BCUT2D eigenvalue weighted by atomic mass is 16.5. The van der Waals surface area contributed by atoms with Gasteiger partial charge in [-0.3, -0.25) is 9.59 Å². The number of benzene rings is 2. The molecule has 2 aromatic carbocycles. The van der Waals surface area contributed by atoms with E-state index in [1.807, 2.05) is 42.2 Å². The van der Waals surface area contributed by atoms with Crippen LogP contribution in [0.4, 0.5) is 5.69 Å². The second-order valence-corrected chi connectivity index (χ2v) is 7.67. The summed E-state index contributed by atoms with van der Waals surface area (Å²) < 4.78 is 11.2. The van der Waals surface area contributed by atoms with Gasteiger partial charge in [-0.1, -0.05) is 25.1 Å². The molecule has 0 radical (unpaired) electrons. The first-order valence-corrected chi connectivity index (χ1v) is 11.0. The minimum atomic E-state index is -0.303. The van der Waals surface area contributed by atoms with E-state index in [0.717, 1.165) is 43.7 Å². The Hall–Kier alpha value is -3.28. The van der Waals surface area contributed by atoms with E-state index >= 15 is 0 Å². The normalized spacial score (nSPS) is 16.5. The summed E-state index contributed by atoms with van der Waals surface area (Å²) in [7, 11) is 0. The Morgan fingerprint density at radius 2 is 1.61 bits per heavy atom. The number of nitrogens with zero attached hydrogens (tertiary/aromatic N) is 2. The number of amides is 2. The molecule has 2 aliphatic heterocycles. The summed E-state index contributed by atoms with van der Waals surface area (Å²) in [6, 6.07) is 14.6. The lowest BCUT2D eigenvalue weighted by molar-refractivity contribution is -0.120. The molecule has 0 aliphatic carbocycles. The number of carbonyl (C=O) groups excluding carboxylic acids is 2. The van der Waals surface area contributed by atoms with Crippen LogP contribution < -0.4 is 14.4 Å². The molecule has 0 unspecified atom stereocenters. The number of anilines is 1. The highest BCUT2D eigenvalue weighted by Crippen LogP contribution is 2.37. The Morgan fingerprint density at radius 1 is 0.871 bits per heavy atom. The molecule has 162 valence electrons. The average Bonchev–Trinajstić information content (AvgIpc) is 3.39. The van der Waals surface area contributed by atoms with Crippen molar-refractivity contribution in [1.29, 1.82) is 0 Å². The van der Waals surface area contributed by atoms with Gasteiger partial charge in [-0.05, 0) is 56.0 Å². The topological polar surface area (TPSA) is 59.1 Å². The number of rotatable bonds is 8. The van der Waals surface area contributed by atoms with Crippen molar-refractivity contribution in [1.82, 2.24) is 4.90 Å². The number of hydrogen-bond donors (Lipinski definition) is 0. The molecule has 0 saturated carbocycles. The standard InChI is InChI=1S/C25H28N2O4/c1-3-16-31-20-12-10-18(11-13-20)22-23(26-14-5-6-15-26)25(29)27(24(22)28)19-8-7-9-21(17-19)30-4-2/h7-13,17H,3-6,14-16H2,1-2H3. The Balaban J connectivity index is 1.72. The summed E-state index contributed by atoms with van der Waals surface area (Å²) in [5.41, 5.74) is 2.20. The Labute approximate surface area is 183 Å². The molecule has 31 heavy (non-hydrogen) atoms. The van der Waals surface area contributed by atoms with Gasteiger partial charge in [0.25, 0.3) is 11.8 Å². The van der Waals surface area contributed by atoms with Crippen molar-refractivity contribution in [3.8, 4) is 11.5 Å². The van der Waals surface area contributed by atoms with Crippen LogP contribution in [0.3, 0.4) is 0 Å². The maximum absolute atomic E-state index is 13.6. The predicted molar refractivity (Wildman–Crippen MR) is 120 cm³/mol. The summed E-state index contributed by atoms with van der Waals surface area (Å²) in [4.78, 5) is 30.4. The third kappa shape index (κ3) is 4.15. The molecule has 0 atom stereocenters. The molecule has 2 heterocycles. The third-order valence-electron chi connectivity index (χ3n) is 5.48. The van der Waals surface area contributed by atoms with Gasteiger partial charge in [0.1, 0.15) is 17.2 Å². The summed E-state index contributed by atoms with van der Waals surface area (Å²) >= 11 is 0. The smallest absolute Gasteiger partial charge is 0.282 e. The molecule has 0 N–H and O–H groups in total. The molecule has 0 bridgehead atoms. The van der Waals surface area contributed by atoms with Gasteiger partial charge in [0.05, 0.1) is 24.5 Å². The molecule has 6 nitrogen and oxygen atoms in total.